The average molecular weight is 377 g/mol. The highest BCUT2D eigenvalue weighted by Crippen LogP contribution is 2.16. The number of benzene rings is 1. The Hall–Kier alpha value is -1.35. The summed E-state index contributed by atoms with van der Waals surface area (Å²) >= 11 is 0. The summed E-state index contributed by atoms with van der Waals surface area (Å²) in [6.45, 7) is 5.61. The second kappa shape index (κ2) is 9.83. The third kappa shape index (κ3) is 7.04. The van der Waals surface area contributed by atoms with Gasteiger partial charge in [-0.25, -0.2) is 8.42 Å². The van der Waals surface area contributed by atoms with Gasteiger partial charge in [-0.15, -0.1) is 12.4 Å². The Morgan fingerprint density at radius 1 is 1.25 bits per heavy atom. The summed E-state index contributed by atoms with van der Waals surface area (Å²) in [4.78, 5) is 14.6. The molecule has 1 saturated heterocycles. The van der Waals surface area contributed by atoms with Gasteiger partial charge >= 0.3 is 0 Å². The van der Waals surface area contributed by atoms with Crippen molar-refractivity contribution in [3.05, 3.63) is 29.8 Å². The van der Waals surface area contributed by atoms with Gasteiger partial charge in [0, 0.05) is 32.7 Å². The third-order valence-corrected chi connectivity index (χ3v) is 4.20. The minimum Gasteiger partial charge on any atom is -0.352 e. The Morgan fingerprint density at radius 3 is 2.58 bits per heavy atom. The van der Waals surface area contributed by atoms with Gasteiger partial charge in [-0.2, -0.15) is 0 Å². The number of anilines is 1. The van der Waals surface area contributed by atoms with Crippen molar-refractivity contribution in [1.29, 1.82) is 0 Å². The summed E-state index contributed by atoms with van der Waals surface area (Å²) < 4.78 is 25.1. The van der Waals surface area contributed by atoms with Crippen LogP contribution in [0.5, 0.6) is 0 Å². The van der Waals surface area contributed by atoms with E-state index in [4.69, 9.17) is 0 Å². The van der Waals surface area contributed by atoms with Crippen LogP contribution in [0.4, 0.5) is 5.69 Å². The molecule has 0 aromatic heterocycles. The largest absolute Gasteiger partial charge is 0.352 e. The number of hydrogen-bond donors (Lipinski definition) is 3. The van der Waals surface area contributed by atoms with E-state index >= 15 is 0 Å². The number of halogens is 1. The van der Waals surface area contributed by atoms with E-state index in [9.17, 15) is 13.2 Å². The van der Waals surface area contributed by atoms with E-state index in [0.717, 1.165) is 45.4 Å². The second-order valence-corrected chi connectivity index (χ2v) is 7.37. The molecule has 0 aliphatic carbocycles. The molecule has 0 spiro atoms. The molecular formula is C15H25ClN4O3S. The van der Waals surface area contributed by atoms with E-state index in [1.165, 1.54) is 0 Å². The fourth-order valence-corrected chi connectivity index (χ4v) is 3.08. The third-order valence-electron chi connectivity index (χ3n) is 3.61. The average Bonchev–Trinajstić information content (AvgIpc) is 2.51. The molecule has 0 saturated carbocycles. The number of nitrogens with zero attached hydrogens (tertiary/aromatic N) is 1. The molecule has 1 fully saturated rings. The number of rotatable bonds is 7. The summed E-state index contributed by atoms with van der Waals surface area (Å²) in [7, 11) is -3.42. The minimum atomic E-state index is -3.42. The predicted octanol–water partition coefficient (Wildman–Crippen LogP) is 0.505. The summed E-state index contributed by atoms with van der Waals surface area (Å²) in [5, 5.41) is 6.15. The van der Waals surface area contributed by atoms with Crippen molar-refractivity contribution in [3.8, 4) is 0 Å². The summed E-state index contributed by atoms with van der Waals surface area (Å²) in [6, 6.07) is 6.59. The summed E-state index contributed by atoms with van der Waals surface area (Å²) in [5.41, 5.74) is 0.634. The second-order valence-electron chi connectivity index (χ2n) is 5.62. The van der Waals surface area contributed by atoms with Crippen LogP contribution in [0, 0.1) is 0 Å². The van der Waals surface area contributed by atoms with Crippen LogP contribution in [0.25, 0.3) is 0 Å². The number of sulfonamides is 1. The molecule has 3 N–H and O–H groups in total. The number of carbonyl (C=O) groups is 1. The van der Waals surface area contributed by atoms with Crippen molar-refractivity contribution in [2.45, 2.75) is 6.42 Å². The van der Waals surface area contributed by atoms with Crippen LogP contribution in [-0.2, 0) is 10.0 Å². The Kier molecular flexibility index (Phi) is 8.47. The summed E-state index contributed by atoms with van der Waals surface area (Å²) in [5.74, 6) is -0.267. The number of para-hydroxylation sites is 1. The Labute approximate surface area is 149 Å². The zero-order valence-electron chi connectivity index (χ0n) is 13.7. The van der Waals surface area contributed by atoms with Crippen LogP contribution in [0.1, 0.15) is 16.8 Å². The maximum absolute atomic E-state index is 12.2. The number of nitrogens with one attached hydrogen (secondary N) is 3. The van der Waals surface area contributed by atoms with Gasteiger partial charge in [0.05, 0.1) is 17.5 Å². The van der Waals surface area contributed by atoms with E-state index < -0.39 is 10.0 Å². The first-order chi connectivity index (χ1) is 11.0. The fraction of sp³-hybridized carbons (Fsp3) is 0.533. The molecular weight excluding hydrogens is 352 g/mol. The van der Waals surface area contributed by atoms with Crippen LogP contribution >= 0.6 is 12.4 Å². The first-order valence-electron chi connectivity index (χ1n) is 7.74. The van der Waals surface area contributed by atoms with Gasteiger partial charge in [-0.1, -0.05) is 12.1 Å². The van der Waals surface area contributed by atoms with Crippen molar-refractivity contribution in [1.82, 2.24) is 15.5 Å². The monoisotopic (exact) mass is 376 g/mol. The maximum atomic E-state index is 12.2. The lowest BCUT2D eigenvalue weighted by Gasteiger charge is -2.27. The normalized spacial score (nSPS) is 15.4. The highest BCUT2D eigenvalue weighted by atomic mass is 35.5. The first-order valence-corrected chi connectivity index (χ1v) is 9.63. The number of carbonyl (C=O) groups excluding carboxylic acids is 1. The molecule has 24 heavy (non-hydrogen) atoms. The van der Waals surface area contributed by atoms with Crippen LogP contribution < -0.4 is 15.4 Å². The topological polar surface area (TPSA) is 90.5 Å². The van der Waals surface area contributed by atoms with E-state index in [-0.39, 0.29) is 18.3 Å². The van der Waals surface area contributed by atoms with Gasteiger partial charge in [0.2, 0.25) is 10.0 Å². The molecule has 0 unspecified atom stereocenters. The van der Waals surface area contributed by atoms with Gasteiger partial charge in [0.15, 0.2) is 0 Å². The molecule has 0 atom stereocenters. The Morgan fingerprint density at radius 2 is 1.92 bits per heavy atom. The molecule has 2 rings (SSSR count). The Bertz CT molecular complexity index is 633. The Balaban J connectivity index is 0.00000288. The summed E-state index contributed by atoms with van der Waals surface area (Å²) in [6.07, 6.45) is 1.93. The quantitative estimate of drug-likeness (QED) is 0.603. The molecule has 1 aliphatic rings. The van der Waals surface area contributed by atoms with E-state index in [2.05, 4.69) is 20.3 Å². The molecule has 0 radical (unpaired) electrons. The molecule has 1 aromatic carbocycles. The number of amides is 1. The molecule has 9 heteroatoms. The van der Waals surface area contributed by atoms with Crippen molar-refractivity contribution in [3.63, 3.8) is 0 Å². The molecule has 1 aromatic rings. The first kappa shape index (κ1) is 20.7. The van der Waals surface area contributed by atoms with Gasteiger partial charge < -0.3 is 15.5 Å². The smallest absolute Gasteiger partial charge is 0.253 e. The standard InChI is InChI=1S/C15H24N4O3S.ClH/c1-23(21,22)18-14-6-3-2-5-13(14)15(20)17-7-4-10-19-11-8-16-9-12-19;/h2-3,5-6,16,18H,4,7-12H2,1H3,(H,17,20);1H. The highest BCUT2D eigenvalue weighted by Gasteiger charge is 2.13. The van der Waals surface area contributed by atoms with Gasteiger partial charge in [-0.05, 0) is 25.1 Å². The minimum absolute atomic E-state index is 0. The molecule has 1 heterocycles. The van der Waals surface area contributed by atoms with Gasteiger partial charge in [0.25, 0.3) is 5.91 Å². The maximum Gasteiger partial charge on any atom is 0.253 e. The van der Waals surface area contributed by atoms with Crippen molar-refractivity contribution < 1.29 is 13.2 Å². The zero-order valence-corrected chi connectivity index (χ0v) is 15.4. The zero-order chi connectivity index (χ0) is 16.7. The van der Waals surface area contributed by atoms with Crippen LogP contribution in [0.3, 0.4) is 0 Å². The van der Waals surface area contributed by atoms with E-state index in [1.54, 1.807) is 24.3 Å². The van der Waals surface area contributed by atoms with Gasteiger partial charge in [0.1, 0.15) is 0 Å². The van der Waals surface area contributed by atoms with Crippen LogP contribution in [0.2, 0.25) is 0 Å². The molecule has 136 valence electrons. The van der Waals surface area contributed by atoms with Crippen molar-refractivity contribution in [2.75, 3.05) is 50.2 Å². The fourth-order valence-electron chi connectivity index (χ4n) is 2.50. The molecule has 1 aliphatic heterocycles. The van der Waals surface area contributed by atoms with Crippen LogP contribution in [-0.4, -0.2) is 64.7 Å². The van der Waals surface area contributed by atoms with Crippen LogP contribution in [0.15, 0.2) is 24.3 Å². The SMILES string of the molecule is CS(=O)(=O)Nc1ccccc1C(=O)NCCCN1CCNCC1.Cl. The molecule has 1 amide bonds. The highest BCUT2D eigenvalue weighted by molar-refractivity contribution is 7.92. The molecule has 0 bridgehead atoms. The van der Waals surface area contributed by atoms with Crippen molar-refractivity contribution >= 4 is 34.0 Å². The van der Waals surface area contributed by atoms with Gasteiger partial charge in [-0.3, -0.25) is 9.52 Å². The van der Waals surface area contributed by atoms with Crippen molar-refractivity contribution in [2.24, 2.45) is 0 Å². The predicted molar refractivity (Wildman–Crippen MR) is 98.4 cm³/mol. The lowest BCUT2D eigenvalue weighted by atomic mass is 10.1. The van der Waals surface area contributed by atoms with E-state index in [0.29, 0.717) is 17.8 Å². The number of piperazine rings is 1. The number of hydrogen-bond acceptors (Lipinski definition) is 5. The lowest BCUT2D eigenvalue weighted by molar-refractivity contribution is 0.0952. The lowest BCUT2D eigenvalue weighted by Crippen LogP contribution is -2.44. The van der Waals surface area contributed by atoms with E-state index in [1.807, 2.05) is 0 Å². The molecule has 7 nitrogen and oxygen atoms in total.